The molecule has 0 saturated heterocycles. The molecule has 0 saturated carbocycles. The van der Waals surface area contributed by atoms with E-state index in [1.54, 1.807) is 0 Å². The summed E-state index contributed by atoms with van der Waals surface area (Å²) in [5.41, 5.74) is 1.52. The maximum atomic E-state index is 11.0. The lowest BCUT2D eigenvalue weighted by atomic mass is 10.2. The molecule has 1 rings (SSSR count). The second kappa shape index (κ2) is 4.86. The molecular weight excluding hydrogens is 194 g/mol. The van der Waals surface area contributed by atoms with Crippen LogP contribution in [0.1, 0.15) is 6.92 Å². The third-order valence-corrected chi connectivity index (χ3v) is 2.47. The van der Waals surface area contributed by atoms with E-state index in [4.69, 9.17) is 0 Å². The Morgan fingerprint density at radius 2 is 2.00 bits per heavy atom. The molecule has 0 amide bonds. The summed E-state index contributed by atoms with van der Waals surface area (Å²) in [6.45, 7) is 5.26. The standard InChI is InChI=1S/C11H13NOS/c1-8(11(14)9(2)13)12-10-6-4-3-5-7-10/h3-7,11-12,14H,1H2,2H3. The maximum absolute atomic E-state index is 11.0. The number of carbonyl (C=O) groups excluding carboxylic acids is 1. The zero-order valence-corrected chi connectivity index (χ0v) is 8.92. The van der Waals surface area contributed by atoms with Gasteiger partial charge in [-0.05, 0) is 19.1 Å². The van der Waals surface area contributed by atoms with E-state index >= 15 is 0 Å². The SMILES string of the molecule is C=C(Nc1ccccc1)C(S)C(C)=O. The molecule has 1 atom stereocenters. The summed E-state index contributed by atoms with van der Waals surface area (Å²) in [7, 11) is 0. The Kier molecular flexibility index (Phi) is 3.77. The van der Waals surface area contributed by atoms with Gasteiger partial charge in [0.2, 0.25) is 0 Å². The molecule has 1 aromatic rings. The molecule has 0 aromatic heterocycles. The molecule has 1 aromatic carbocycles. The van der Waals surface area contributed by atoms with Crippen molar-refractivity contribution in [2.24, 2.45) is 0 Å². The third-order valence-electron chi connectivity index (χ3n) is 1.79. The van der Waals surface area contributed by atoms with Crippen molar-refractivity contribution in [3.63, 3.8) is 0 Å². The van der Waals surface area contributed by atoms with Crippen molar-refractivity contribution >= 4 is 24.1 Å². The zero-order valence-electron chi connectivity index (χ0n) is 8.03. The van der Waals surface area contributed by atoms with Gasteiger partial charge in [0.15, 0.2) is 0 Å². The summed E-state index contributed by atoms with van der Waals surface area (Å²) in [5.74, 6) is -0.0123. The van der Waals surface area contributed by atoms with Gasteiger partial charge in [-0.15, -0.1) is 0 Å². The van der Waals surface area contributed by atoms with Crippen molar-refractivity contribution in [2.75, 3.05) is 5.32 Å². The number of benzene rings is 1. The van der Waals surface area contributed by atoms with E-state index in [0.29, 0.717) is 5.70 Å². The van der Waals surface area contributed by atoms with E-state index in [9.17, 15) is 4.79 Å². The van der Waals surface area contributed by atoms with Crippen LogP contribution in [0.3, 0.4) is 0 Å². The minimum absolute atomic E-state index is 0.0123. The monoisotopic (exact) mass is 207 g/mol. The van der Waals surface area contributed by atoms with Gasteiger partial charge in [0.1, 0.15) is 5.78 Å². The molecule has 0 heterocycles. The first kappa shape index (κ1) is 10.9. The van der Waals surface area contributed by atoms with Crippen LogP contribution >= 0.6 is 12.6 Å². The Morgan fingerprint density at radius 3 is 2.50 bits per heavy atom. The van der Waals surface area contributed by atoms with Gasteiger partial charge in [-0.3, -0.25) is 4.79 Å². The largest absolute Gasteiger partial charge is 0.358 e. The summed E-state index contributed by atoms with van der Waals surface area (Å²) < 4.78 is 0. The highest BCUT2D eigenvalue weighted by atomic mass is 32.1. The lowest BCUT2D eigenvalue weighted by Gasteiger charge is -2.13. The Bertz CT molecular complexity index is 334. The van der Waals surface area contributed by atoms with Gasteiger partial charge in [0.05, 0.1) is 5.25 Å². The van der Waals surface area contributed by atoms with Crippen molar-refractivity contribution in [2.45, 2.75) is 12.2 Å². The van der Waals surface area contributed by atoms with E-state index in [2.05, 4.69) is 24.5 Å². The second-order valence-corrected chi connectivity index (χ2v) is 3.55. The number of ketones is 1. The van der Waals surface area contributed by atoms with E-state index in [0.717, 1.165) is 5.69 Å². The highest BCUT2D eigenvalue weighted by molar-refractivity contribution is 7.82. The summed E-state index contributed by atoms with van der Waals surface area (Å²) in [6.07, 6.45) is 0. The molecule has 1 unspecified atom stereocenters. The molecule has 0 aliphatic heterocycles. The predicted molar refractivity (Wildman–Crippen MR) is 62.7 cm³/mol. The van der Waals surface area contributed by atoms with Crippen molar-refractivity contribution < 1.29 is 4.79 Å². The van der Waals surface area contributed by atoms with Crippen LogP contribution in [0, 0.1) is 0 Å². The molecule has 0 aliphatic carbocycles. The number of Topliss-reactive ketones (excluding diaryl/α,β-unsaturated/α-hetero) is 1. The van der Waals surface area contributed by atoms with Crippen LogP contribution in [-0.4, -0.2) is 11.0 Å². The zero-order chi connectivity index (χ0) is 10.6. The fourth-order valence-corrected chi connectivity index (χ4v) is 1.09. The van der Waals surface area contributed by atoms with E-state index in [-0.39, 0.29) is 5.78 Å². The van der Waals surface area contributed by atoms with E-state index in [1.165, 1.54) is 6.92 Å². The molecule has 0 bridgehead atoms. The highest BCUT2D eigenvalue weighted by Crippen LogP contribution is 2.13. The molecule has 1 N–H and O–H groups in total. The lowest BCUT2D eigenvalue weighted by Crippen LogP contribution is -2.18. The predicted octanol–water partition coefficient (Wildman–Crippen LogP) is 2.50. The minimum atomic E-state index is -0.449. The maximum Gasteiger partial charge on any atom is 0.148 e. The Balaban J connectivity index is 2.62. The first-order valence-corrected chi connectivity index (χ1v) is 4.82. The summed E-state index contributed by atoms with van der Waals surface area (Å²) >= 11 is 4.14. The number of anilines is 1. The fourth-order valence-electron chi connectivity index (χ4n) is 1.02. The molecule has 74 valence electrons. The number of hydrogen-bond donors (Lipinski definition) is 2. The van der Waals surface area contributed by atoms with E-state index < -0.39 is 5.25 Å². The normalized spacial score (nSPS) is 11.9. The Labute approximate surface area is 89.4 Å². The van der Waals surface area contributed by atoms with Gasteiger partial charge in [0.25, 0.3) is 0 Å². The van der Waals surface area contributed by atoms with Gasteiger partial charge in [0, 0.05) is 11.4 Å². The topological polar surface area (TPSA) is 29.1 Å². The van der Waals surface area contributed by atoms with Crippen LogP contribution in [0.4, 0.5) is 5.69 Å². The van der Waals surface area contributed by atoms with Gasteiger partial charge >= 0.3 is 0 Å². The highest BCUT2D eigenvalue weighted by Gasteiger charge is 2.12. The minimum Gasteiger partial charge on any atom is -0.358 e. The molecule has 3 heteroatoms. The Hall–Kier alpha value is -1.22. The summed E-state index contributed by atoms with van der Waals surface area (Å²) in [6, 6.07) is 9.57. The van der Waals surface area contributed by atoms with Crippen LogP contribution in [-0.2, 0) is 4.79 Å². The first-order chi connectivity index (χ1) is 6.61. The molecule has 0 spiro atoms. The number of carbonyl (C=O) groups is 1. The van der Waals surface area contributed by atoms with E-state index in [1.807, 2.05) is 30.3 Å². The van der Waals surface area contributed by atoms with Crippen LogP contribution in [0.25, 0.3) is 0 Å². The molecule has 2 nitrogen and oxygen atoms in total. The molecule has 0 aliphatic rings. The van der Waals surface area contributed by atoms with Gasteiger partial charge in [-0.25, -0.2) is 0 Å². The van der Waals surface area contributed by atoms with Crippen molar-refractivity contribution in [1.29, 1.82) is 0 Å². The number of rotatable bonds is 4. The molecule has 14 heavy (non-hydrogen) atoms. The quantitative estimate of drug-likeness (QED) is 0.743. The van der Waals surface area contributed by atoms with Crippen LogP contribution in [0.5, 0.6) is 0 Å². The number of hydrogen-bond acceptors (Lipinski definition) is 3. The Morgan fingerprint density at radius 1 is 1.43 bits per heavy atom. The average Bonchev–Trinajstić information content (AvgIpc) is 2.18. The molecular formula is C11H13NOS. The molecule has 0 fully saturated rings. The number of nitrogens with one attached hydrogen (secondary N) is 1. The molecule has 0 radical (unpaired) electrons. The summed E-state index contributed by atoms with van der Waals surface area (Å²) in [4.78, 5) is 11.0. The van der Waals surface area contributed by atoms with Crippen molar-refractivity contribution in [1.82, 2.24) is 0 Å². The number of thiol groups is 1. The number of para-hydroxylation sites is 1. The smallest absolute Gasteiger partial charge is 0.148 e. The second-order valence-electron chi connectivity index (χ2n) is 3.03. The third kappa shape index (κ3) is 2.92. The van der Waals surface area contributed by atoms with Gasteiger partial charge < -0.3 is 5.32 Å². The van der Waals surface area contributed by atoms with Crippen molar-refractivity contribution in [3.05, 3.63) is 42.6 Å². The lowest BCUT2D eigenvalue weighted by molar-refractivity contribution is -0.115. The van der Waals surface area contributed by atoms with Gasteiger partial charge in [-0.2, -0.15) is 12.6 Å². The van der Waals surface area contributed by atoms with Crippen LogP contribution in [0.15, 0.2) is 42.6 Å². The fraction of sp³-hybridized carbons (Fsp3) is 0.182. The van der Waals surface area contributed by atoms with Crippen LogP contribution in [0.2, 0.25) is 0 Å². The first-order valence-electron chi connectivity index (χ1n) is 4.30. The average molecular weight is 207 g/mol. The summed E-state index contributed by atoms with van der Waals surface area (Å²) in [5, 5.41) is 2.58. The van der Waals surface area contributed by atoms with Gasteiger partial charge in [-0.1, -0.05) is 24.8 Å². The van der Waals surface area contributed by atoms with Crippen LogP contribution < -0.4 is 5.32 Å². The van der Waals surface area contributed by atoms with Crippen molar-refractivity contribution in [3.8, 4) is 0 Å².